The van der Waals surface area contributed by atoms with E-state index in [9.17, 15) is 9.90 Å². The van der Waals surface area contributed by atoms with Crippen LogP contribution in [0.3, 0.4) is 0 Å². The van der Waals surface area contributed by atoms with E-state index in [1.807, 2.05) is 6.08 Å². The minimum absolute atomic E-state index is 0.221. The number of piperidine rings is 1. The molecule has 1 aromatic rings. The first-order chi connectivity index (χ1) is 11.5. The van der Waals surface area contributed by atoms with Crippen LogP contribution in [0.25, 0.3) is 0 Å². The molecule has 1 aliphatic heterocycles. The van der Waals surface area contributed by atoms with E-state index in [4.69, 9.17) is 0 Å². The van der Waals surface area contributed by atoms with Crippen molar-refractivity contribution in [3.63, 3.8) is 0 Å². The summed E-state index contributed by atoms with van der Waals surface area (Å²) >= 11 is 0. The van der Waals surface area contributed by atoms with Gasteiger partial charge in [-0.05, 0) is 62.3 Å². The fraction of sp³-hybridized carbons (Fsp3) is 0.450. The Kier molecular flexibility index (Phi) is 4.76. The highest BCUT2D eigenvalue weighted by Gasteiger charge is 2.39. The molecule has 0 unspecified atom stereocenters. The minimum atomic E-state index is -0.316. The van der Waals surface area contributed by atoms with Crippen LogP contribution in [-0.4, -0.2) is 28.1 Å². The van der Waals surface area contributed by atoms with E-state index < -0.39 is 0 Å². The van der Waals surface area contributed by atoms with Gasteiger partial charge in [0.15, 0.2) is 5.75 Å². The SMILES string of the molecule is C=CC1=C(/C=C\C)CC2(CCN(Cc3cc(=O)c(O)c[nH]3)CC2)C1. The van der Waals surface area contributed by atoms with Crippen LogP contribution in [0.5, 0.6) is 5.75 Å². The predicted octanol–water partition coefficient (Wildman–Crippen LogP) is 3.52. The maximum atomic E-state index is 11.5. The lowest BCUT2D eigenvalue weighted by molar-refractivity contribution is 0.105. The van der Waals surface area contributed by atoms with Crippen molar-refractivity contribution >= 4 is 0 Å². The van der Waals surface area contributed by atoms with Crippen LogP contribution in [-0.2, 0) is 6.54 Å². The molecule has 2 heterocycles. The van der Waals surface area contributed by atoms with Gasteiger partial charge in [0, 0.05) is 24.5 Å². The first-order valence-electron chi connectivity index (χ1n) is 8.65. The van der Waals surface area contributed by atoms with Crippen molar-refractivity contribution < 1.29 is 5.11 Å². The Bertz CT molecular complexity index is 734. The lowest BCUT2D eigenvalue weighted by Crippen LogP contribution is -2.39. The quantitative estimate of drug-likeness (QED) is 0.890. The molecule has 0 amide bonds. The first kappa shape index (κ1) is 16.8. The maximum Gasteiger partial charge on any atom is 0.223 e. The van der Waals surface area contributed by atoms with Gasteiger partial charge in [0.05, 0.1) is 0 Å². The zero-order valence-corrected chi connectivity index (χ0v) is 14.3. The van der Waals surface area contributed by atoms with Gasteiger partial charge in [-0.1, -0.05) is 24.8 Å². The topological polar surface area (TPSA) is 56.3 Å². The molecule has 1 spiro atoms. The van der Waals surface area contributed by atoms with Crippen molar-refractivity contribution in [3.8, 4) is 5.75 Å². The van der Waals surface area contributed by atoms with Crippen LogP contribution in [0.1, 0.15) is 38.3 Å². The van der Waals surface area contributed by atoms with Crippen LogP contribution in [0.2, 0.25) is 0 Å². The Morgan fingerprint density at radius 3 is 2.67 bits per heavy atom. The van der Waals surface area contributed by atoms with Crippen molar-refractivity contribution in [2.24, 2.45) is 5.41 Å². The average molecular weight is 326 g/mol. The molecule has 4 nitrogen and oxygen atoms in total. The number of aromatic amines is 1. The number of nitrogens with one attached hydrogen (secondary N) is 1. The fourth-order valence-electron chi connectivity index (χ4n) is 4.05. The second-order valence-electron chi connectivity index (χ2n) is 7.09. The summed E-state index contributed by atoms with van der Waals surface area (Å²) in [4.78, 5) is 16.9. The van der Waals surface area contributed by atoms with Crippen LogP contribution < -0.4 is 5.43 Å². The fourth-order valence-corrected chi connectivity index (χ4v) is 4.05. The molecule has 2 N–H and O–H groups in total. The third-order valence-corrected chi connectivity index (χ3v) is 5.42. The van der Waals surface area contributed by atoms with Gasteiger partial charge < -0.3 is 10.1 Å². The van der Waals surface area contributed by atoms with Crippen molar-refractivity contribution in [3.05, 3.63) is 64.1 Å². The highest BCUT2D eigenvalue weighted by Crippen LogP contribution is 2.49. The maximum absolute atomic E-state index is 11.5. The monoisotopic (exact) mass is 326 g/mol. The summed E-state index contributed by atoms with van der Waals surface area (Å²) in [5.74, 6) is -0.221. The van der Waals surface area contributed by atoms with Gasteiger partial charge in [0.2, 0.25) is 5.43 Å². The third kappa shape index (κ3) is 3.39. The molecule has 0 atom stereocenters. The molecule has 0 saturated carbocycles. The molecule has 24 heavy (non-hydrogen) atoms. The first-order valence-corrected chi connectivity index (χ1v) is 8.65. The number of pyridine rings is 1. The molecular weight excluding hydrogens is 300 g/mol. The molecule has 0 bridgehead atoms. The second kappa shape index (κ2) is 6.81. The Morgan fingerprint density at radius 1 is 1.33 bits per heavy atom. The molecule has 3 rings (SSSR count). The van der Waals surface area contributed by atoms with Gasteiger partial charge in [-0.25, -0.2) is 0 Å². The normalized spacial score (nSPS) is 21.0. The van der Waals surface area contributed by atoms with Crippen molar-refractivity contribution in [2.45, 2.75) is 39.2 Å². The summed E-state index contributed by atoms with van der Waals surface area (Å²) in [5, 5.41) is 9.33. The van der Waals surface area contributed by atoms with E-state index >= 15 is 0 Å². The van der Waals surface area contributed by atoms with Crippen LogP contribution in [0.15, 0.2) is 53.0 Å². The minimum Gasteiger partial charge on any atom is -0.503 e. The molecule has 1 saturated heterocycles. The molecule has 1 aliphatic carbocycles. The van der Waals surface area contributed by atoms with Gasteiger partial charge in [-0.15, -0.1) is 0 Å². The van der Waals surface area contributed by atoms with Crippen LogP contribution >= 0.6 is 0 Å². The number of aromatic hydroxyl groups is 1. The Hall–Kier alpha value is -2.07. The van der Waals surface area contributed by atoms with Crippen molar-refractivity contribution in [2.75, 3.05) is 13.1 Å². The zero-order chi connectivity index (χ0) is 17.2. The molecule has 2 aliphatic rings. The average Bonchev–Trinajstić information content (AvgIpc) is 2.91. The second-order valence-corrected chi connectivity index (χ2v) is 7.09. The van der Waals surface area contributed by atoms with Gasteiger partial charge in [0.1, 0.15) is 0 Å². The molecule has 128 valence electrons. The van der Waals surface area contributed by atoms with E-state index in [0.717, 1.165) is 38.2 Å². The summed E-state index contributed by atoms with van der Waals surface area (Å²) in [6.45, 7) is 8.86. The zero-order valence-electron chi connectivity index (χ0n) is 14.3. The van der Waals surface area contributed by atoms with Gasteiger partial charge in [-0.2, -0.15) is 0 Å². The van der Waals surface area contributed by atoms with Gasteiger partial charge in [0.25, 0.3) is 0 Å². The molecule has 0 aromatic carbocycles. The van der Waals surface area contributed by atoms with E-state index in [1.54, 1.807) is 0 Å². The molecule has 4 heteroatoms. The Morgan fingerprint density at radius 2 is 2.04 bits per heavy atom. The van der Waals surface area contributed by atoms with E-state index in [2.05, 4.69) is 35.5 Å². The number of hydrogen-bond donors (Lipinski definition) is 2. The lowest BCUT2D eigenvalue weighted by Gasteiger charge is -2.39. The number of nitrogens with zero attached hydrogens (tertiary/aromatic N) is 1. The van der Waals surface area contributed by atoms with Crippen LogP contribution in [0, 0.1) is 5.41 Å². The lowest BCUT2D eigenvalue weighted by atomic mass is 9.75. The largest absolute Gasteiger partial charge is 0.503 e. The smallest absolute Gasteiger partial charge is 0.223 e. The standard InChI is InChI=1S/C20H26N2O2/c1-3-5-16-12-20(11-15(16)4-2)6-8-22(9-7-20)14-17-10-18(23)19(24)13-21-17/h3-5,10,13,24H,2,6-9,11-12,14H2,1H3,(H,21,23)/b5-3-. The van der Waals surface area contributed by atoms with E-state index in [0.29, 0.717) is 5.41 Å². The van der Waals surface area contributed by atoms with Crippen molar-refractivity contribution in [1.29, 1.82) is 0 Å². The Balaban J connectivity index is 1.61. The summed E-state index contributed by atoms with van der Waals surface area (Å²) in [5.41, 5.74) is 3.79. The molecule has 1 aromatic heterocycles. The van der Waals surface area contributed by atoms with Crippen molar-refractivity contribution in [1.82, 2.24) is 9.88 Å². The molecule has 0 radical (unpaired) electrons. The van der Waals surface area contributed by atoms with Gasteiger partial charge in [-0.3, -0.25) is 9.69 Å². The highest BCUT2D eigenvalue weighted by molar-refractivity contribution is 5.39. The number of allylic oxidation sites excluding steroid dienone is 5. The number of H-pyrrole nitrogens is 1. The van der Waals surface area contributed by atoms with Crippen LogP contribution in [0.4, 0.5) is 0 Å². The number of rotatable bonds is 4. The predicted molar refractivity (Wildman–Crippen MR) is 96.9 cm³/mol. The third-order valence-electron chi connectivity index (χ3n) is 5.42. The summed E-state index contributed by atoms with van der Waals surface area (Å²) in [6, 6.07) is 1.50. The summed E-state index contributed by atoms with van der Waals surface area (Å²) < 4.78 is 0. The number of hydrogen-bond acceptors (Lipinski definition) is 3. The molecular formula is C20H26N2O2. The highest BCUT2D eigenvalue weighted by atomic mass is 16.3. The van der Waals surface area contributed by atoms with E-state index in [-0.39, 0.29) is 11.2 Å². The molecule has 1 fully saturated rings. The van der Waals surface area contributed by atoms with E-state index in [1.165, 1.54) is 36.3 Å². The summed E-state index contributed by atoms with van der Waals surface area (Å²) in [7, 11) is 0. The number of aromatic nitrogens is 1. The Labute approximate surface area is 143 Å². The summed E-state index contributed by atoms with van der Waals surface area (Å²) in [6.07, 6.45) is 12.4. The van der Waals surface area contributed by atoms with Gasteiger partial charge >= 0.3 is 0 Å². The number of likely N-dealkylation sites (tertiary alicyclic amines) is 1.